The summed E-state index contributed by atoms with van der Waals surface area (Å²) in [7, 11) is 0. The predicted octanol–water partition coefficient (Wildman–Crippen LogP) is 4.00. The Morgan fingerprint density at radius 2 is 1.88 bits per heavy atom. The molecule has 7 nitrogen and oxygen atoms in total. The molecule has 0 saturated heterocycles. The molecule has 0 saturated carbocycles. The lowest BCUT2D eigenvalue weighted by Crippen LogP contribution is -2.38. The van der Waals surface area contributed by atoms with Crippen LogP contribution in [0, 0.1) is 17.2 Å². The Labute approximate surface area is 199 Å². The Hall–Kier alpha value is -3.26. The maximum Gasteiger partial charge on any atom is 0.251 e. The fourth-order valence-electron chi connectivity index (χ4n) is 3.82. The number of carbonyl (C=O) groups excluding carboxylic acids is 3. The minimum absolute atomic E-state index is 0.0103. The number of hydrogen-bond acceptors (Lipinski definition) is 4. The molecule has 0 aliphatic carbocycles. The molecule has 1 aliphatic heterocycles. The van der Waals surface area contributed by atoms with Crippen molar-refractivity contribution in [2.45, 2.75) is 46.6 Å². The third-order valence-electron chi connectivity index (χ3n) is 5.87. The van der Waals surface area contributed by atoms with Crippen molar-refractivity contribution in [1.29, 1.82) is 0 Å². The van der Waals surface area contributed by atoms with Crippen molar-refractivity contribution in [3.63, 3.8) is 0 Å². The summed E-state index contributed by atoms with van der Waals surface area (Å²) >= 11 is 0. The molecule has 3 amide bonds. The third-order valence-corrected chi connectivity index (χ3v) is 5.87. The maximum absolute atomic E-state index is 13.6. The zero-order valence-electron chi connectivity index (χ0n) is 20.2. The molecule has 3 rings (SSSR count). The molecule has 1 unspecified atom stereocenters. The summed E-state index contributed by atoms with van der Waals surface area (Å²) < 4.78 is 13.6. The maximum atomic E-state index is 13.6. The Balaban J connectivity index is 2.01. The number of fused-ring (bicyclic) bond motifs is 1. The van der Waals surface area contributed by atoms with Crippen LogP contribution in [-0.2, 0) is 9.59 Å². The average Bonchev–Trinajstić information content (AvgIpc) is 2.92. The second-order valence-electron chi connectivity index (χ2n) is 9.96. The lowest BCUT2D eigenvalue weighted by Gasteiger charge is -2.31. The van der Waals surface area contributed by atoms with Gasteiger partial charge in [-0.25, -0.2) is 4.39 Å². The zero-order valence-corrected chi connectivity index (χ0v) is 20.2. The summed E-state index contributed by atoms with van der Waals surface area (Å²) in [4.78, 5) is 40.5. The fraction of sp³-hybridized carbons (Fsp3) is 0.423. The highest BCUT2D eigenvalue weighted by Gasteiger charge is 2.34. The summed E-state index contributed by atoms with van der Waals surface area (Å²) in [5.74, 6) is -1.03. The molecule has 0 spiro atoms. The number of nitrogens with one attached hydrogen (secondary N) is 2. The van der Waals surface area contributed by atoms with E-state index >= 15 is 0 Å². The molecule has 1 aliphatic rings. The van der Waals surface area contributed by atoms with Gasteiger partial charge in [0.1, 0.15) is 5.82 Å². The van der Waals surface area contributed by atoms with Crippen LogP contribution in [0.5, 0.6) is 0 Å². The van der Waals surface area contributed by atoms with Crippen LogP contribution in [0.25, 0.3) is 0 Å². The fourth-order valence-corrected chi connectivity index (χ4v) is 3.82. The highest BCUT2D eigenvalue weighted by Crippen LogP contribution is 2.39. The van der Waals surface area contributed by atoms with Crippen molar-refractivity contribution in [1.82, 2.24) is 5.32 Å². The van der Waals surface area contributed by atoms with E-state index in [9.17, 15) is 18.8 Å². The first-order valence-corrected chi connectivity index (χ1v) is 11.5. The molecule has 2 aromatic carbocycles. The van der Waals surface area contributed by atoms with Crippen molar-refractivity contribution < 1.29 is 18.8 Å². The van der Waals surface area contributed by atoms with Gasteiger partial charge in [0.15, 0.2) is 0 Å². The first-order valence-electron chi connectivity index (χ1n) is 11.5. The molecule has 1 heterocycles. The molecular formula is C26H33FN4O3. The standard InChI is InChI=1S/C26H33FN4O3/c1-16(2)11-24(33)31-21-10-7-18(25(34)29-15-26(3,4)14-28)12-20(21)30-23(32)13-22(31)17-5-8-19(27)9-6-17/h5-10,12,16,22H,11,13-15,28H2,1-4H3,(H,29,34)(H,30,32). The number of benzene rings is 2. The van der Waals surface area contributed by atoms with Crippen molar-refractivity contribution in [3.05, 3.63) is 59.4 Å². The van der Waals surface area contributed by atoms with E-state index in [1.54, 1.807) is 35.2 Å². The van der Waals surface area contributed by atoms with Crippen molar-refractivity contribution >= 4 is 29.1 Å². The third kappa shape index (κ3) is 5.99. The van der Waals surface area contributed by atoms with E-state index in [1.807, 2.05) is 27.7 Å². The lowest BCUT2D eigenvalue weighted by molar-refractivity contribution is -0.120. The van der Waals surface area contributed by atoms with Gasteiger partial charge in [0.25, 0.3) is 5.91 Å². The average molecular weight is 469 g/mol. The van der Waals surface area contributed by atoms with Crippen LogP contribution < -0.4 is 21.3 Å². The smallest absolute Gasteiger partial charge is 0.251 e. The van der Waals surface area contributed by atoms with Crippen LogP contribution in [0.2, 0.25) is 0 Å². The van der Waals surface area contributed by atoms with E-state index in [0.29, 0.717) is 35.6 Å². The molecular weight excluding hydrogens is 435 g/mol. The minimum Gasteiger partial charge on any atom is -0.351 e. The summed E-state index contributed by atoms with van der Waals surface area (Å²) in [5, 5.41) is 5.72. The number of anilines is 2. The van der Waals surface area contributed by atoms with Gasteiger partial charge < -0.3 is 21.3 Å². The van der Waals surface area contributed by atoms with Crippen LogP contribution in [0.15, 0.2) is 42.5 Å². The molecule has 4 N–H and O–H groups in total. The number of carbonyl (C=O) groups is 3. The highest BCUT2D eigenvalue weighted by molar-refractivity contribution is 6.06. The Morgan fingerprint density at radius 1 is 1.21 bits per heavy atom. The molecule has 182 valence electrons. The van der Waals surface area contributed by atoms with E-state index in [1.165, 1.54) is 12.1 Å². The van der Waals surface area contributed by atoms with Crippen LogP contribution in [-0.4, -0.2) is 30.8 Å². The summed E-state index contributed by atoms with van der Waals surface area (Å²) in [6.45, 7) is 8.63. The molecule has 0 aromatic heterocycles. The SMILES string of the molecule is CC(C)CC(=O)N1c2ccc(C(=O)NCC(C)(C)CN)cc2NC(=O)CC1c1ccc(F)cc1. The topological polar surface area (TPSA) is 105 Å². The van der Waals surface area contributed by atoms with Gasteiger partial charge in [-0.15, -0.1) is 0 Å². The predicted molar refractivity (Wildman–Crippen MR) is 131 cm³/mol. The number of amides is 3. The van der Waals surface area contributed by atoms with Crippen molar-refractivity contribution in [2.75, 3.05) is 23.3 Å². The van der Waals surface area contributed by atoms with Gasteiger partial charge in [0.05, 0.1) is 23.8 Å². The summed E-state index contributed by atoms with van der Waals surface area (Å²) in [6.07, 6.45) is 0.290. The van der Waals surface area contributed by atoms with Gasteiger partial charge in [-0.1, -0.05) is 39.8 Å². The monoisotopic (exact) mass is 468 g/mol. The summed E-state index contributed by atoms with van der Waals surface area (Å²) in [5.41, 5.74) is 7.41. The normalized spacial score (nSPS) is 16.0. The number of nitrogens with zero attached hydrogens (tertiary/aromatic N) is 1. The quantitative estimate of drug-likeness (QED) is 0.571. The number of rotatable bonds is 7. The lowest BCUT2D eigenvalue weighted by atomic mass is 9.94. The van der Waals surface area contributed by atoms with Crippen molar-refractivity contribution in [3.8, 4) is 0 Å². The minimum atomic E-state index is -0.599. The van der Waals surface area contributed by atoms with Gasteiger partial charge in [0, 0.05) is 18.5 Å². The van der Waals surface area contributed by atoms with Gasteiger partial charge in [-0.3, -0.25) is 14.4 Å². The van der Waals surface area contributed by atoms with Gasteiger partial charge in [0.2, 0.25) is 11.8 Å². The van der Waals surface area contributed by atoms with Gasteiger partial charge in [-0.05, 0) is 53.8 Å². The van der Waals surface area contributed by atoms with E-state index in [0.717, 1.165) is 0 Å². The number of hydrogen-bond donors (Lipinski definition) is 3. The summed E-state index contributed by atoms with van der Waals surface area (Å²) in [6, 6.07) is 10.1. The highest BCUT2D eigenvalue weighted by atomic mass is 19.1. The Morgan fingerprint density at radius 3 is 2.50 bits per heavy atom. The first-order chi connectivity index (χ1) is 16.0. The number of nitrogens with two attached hydrogens (primary N) is 1. The molecule has 2 aromatic rings. The molecule has 0 bridgehead atoms. The Bertz CT molecular complexity index is 1070. The van der Waals surface area contributed by atoms with E-state index in [2.05, 4.69) is 10.6 Å². The van der Waals surface area contributed by atoms with Crippen LogP contribution in [0.1, 0.15) is 62.5 Å². The van der Waals surface area contributed by atoms with Crippen LogP contribution >= 0.6 is 0 Å². The molecule has 0 radical (unpaired) electrons. The molecule has 1 atom stereocenters. The first kappa shape index (κ1) is 25.4. The molecule has 34 heavy (non-hydrogen) atoms. The second-order valence-corrected chi connectivity index (χ2v) is 9.96. The van der Waals surface area contributed by atoms with E-state index in [4.69, 9.17) is 5.73 Å². The second kappa shape index (κ2) is 10.3. The van der Waals surface area contributed by atoms with Gasteiger partial charge >= 0.3 is 0 Å². The number of halogens is 1. The van der Waals surface area contributed by atoms with E-state index in [-0.39, 0.29) is 41.9 Å². The molecule has 0 fully saturated rings. The zero-order chi connectivity index (χ0) is 25.0. The van der Waals surface area contributed by atoms with Gasteiger partial charge in [-0.2, -0.15) is 0 Å². The Kier molecular flexibility index (Phi) is 7.71. The molecule has 8 heteroatoms. The largest absolute Gasteiger partial charge is 0.351 e. The van der Waals surface area contributed by atoms with Crippen LogP contribution in [0.3, 0.4) is 0 Å². The van der Waals surface area contributed by atoms with E-state index < -0.39 is 11.9 Å². The van der Waals surface area contributed by atoms with Crippen LogP contribution in [0.4, 0.5) is 15.8 Å². The van der Waals surface area contributed by atoms with Crippen molar-refractivity contribution in [2.24, 2.45) is 17.1 Å².